The number of sulfonamides is 1. The van der Waals surface area contributed by atoms with Gasteiger partial charge in [-0.05, 0) is 48.6 Å². The second-order valence-corrected chi connectivity index (χ2v) is 9.72. The highest BCUT2D eigenvalue weighted by atomic mass is 35.5. The van der Waals surface area contributed by atoms with E-state index < -0.39 is 10.0 Å². The first-order chi connectivity index (χ1) is 13.3. The molecule has 1 heterocycles. The summed E-state index contributed by atoms with van der Waals surface area (Å²) >= 11 is 6.09. The number of nitrogens with zero attached hydrogens (tertiary/aromatic N) is 1. The van der Waals surface area contributed by atoms with Crippen molar-refractivity contribution in [2.24, 2.45) is 5.92 Å². The van der Waals surface area contributed by atoms with Crippen LogP contribution >= 0.6 is 11.6 Å². The molecule has 1 N–H and O–H groups in total. The highest BCUT2D eigenvalue weighted by Crippen LogP contribution is 2.27. The van der Waals surface area contributed by atoms with E-state index in [4.69, 9.17) is 11.6 Å². The van der Waals surface area contributed by atoms with Gasteiger partial charge in [-0.15, -0.1) is 0 Å². The van der Waals surface area contributed by atoms with Gasteiger partial charge in [0.25, 0.3) is 0 Å². The number of halogens is 1. The van der Waals surface area contributed by atoms with Crippen LogP contribution in [0.25, 0.3) is 0 Å². The Labute approximate surface area is 171 Å². The fourth-order valence-electron chi connectivity index (χ4n) is 3.33. The molecule has 3 rings (SSSR count). The first kappa shape index (κ1) is 20.8. The lowest BCUT2D eigenvalue weighted by atomic mass is 9.97. The number of piperidine rings is 1. The molecule has 150 valence electrons. The van der Waals surface area contributed by atoms with Crippen molar-refractivity contribution in [2.45, 2.75) is 37.5 Å². The molecule has 0 atom stereocenters. The van der Waals surface area contributed by atoms with Crippen LogP contribution in [0.15, 0.2) is 53.4 Å². The molecule has 1 amide bonds. The van der Waals surface area contributed by atoms with Gasteiger partial charge in [0.05, 0.1) is 15.6 Å². The predicted octanol–water partition coefficient (Wildman–Crippen LogP) is 4.50. The zero-order valence-electron chi connectivity index (χ0n) is 16.1. The number of carbonyl (C=O) groups excluding carboxylic acids is 1. The van der Waals surface area contributed by atoms with Gasteiger partial charge in [0.1, 0.15) is 0 Å². The Balaban J connectivity index is 1.62. The van der Waals surface area contributed by atoms with Gasteiger partial charge >= 0.3 is 0 Å². The molecule has 0 saturated carbocycles. The number of carbonyl (C=O) groups is 1. The SMILES string of the molecule is CC(C)c1ccc(S(=O)(=O)N2CCC(C(=O)Nc3ccccc3Cl)CC2)cc1. The molecular weight excluding hydrogens is 396 g/mol. The standard InChI is InChI=1S/C21H25ClN2O3S/c1-15(2)16-7-9-18(10-8-16)28(26,27)24-13-11-17(12-14-24)21(25)23-20-6-4-3-5-19(20)22/h3-10,15,17H,11-14H2,1-2H3,(H,23,25). The van der Waals surface area contributed by atoms with Gasteiger partial charge in [-0.2, -0.15) is 4.31 Å². The largest absolute Gasteiger partial charge is 0.325 e. The third kappa shape index (κ3) is 4.57. The lowest BCUT2D eigenvalue weighted by Gasteiger charge is -2.30. The number of para-hydroxylation sites is 1. The average Bonchev–Trinajstić information content (AvgIpc) is 2.70. The van der Waals surface area contributed by atoms with Crippen LogP contribution in [0.4, 0.5) is 5.69 Å². The monoisotopic (exact) mass is 420 g/mol. The smallest absolute Gasteiger partial charge is 0.243 e. The molecule has 0 spiro atoms. The van der Waals surface area contributed by atoms with Crippen molar-refractivity contribution >= 4 is 33.2 Å². The summed E-state index contributed by atoms with van der Waals surface area (Å²) in [5.41, 5.74) is 1.68. The van der Waals surface area contributed by atoms with Crippen LogP contribution in [0.3, 0.4) is 0 Å². The van der Waals surface area contributed by atoms with Crippen LogP contribution in [0.2, 0.25) is 5.02 Å². The maximum atomic E-state index is 12.9. The van der Waals surface area contributed by atoms with Crippen LogP contribution in [0, 0.1) is 5.92 Å². The van der Waals surface area contributed by atoms with Crippen LogP contribution in [-0.2, 0) is 14.8 Å². The Hall–Kier alpha value is -1.89. The molecule has 2 aromatic rings. The van der Waals surface area contributed by atoms with Gasteiger partial charge < -0.3 is 5.32 Å². The van der Waals surface area contributed by atoms with Crippen molar-refractivity contribution in [3.63, 3.8) is 0 Å². The third-order valence-electron chi connectivity index (χ3n) is 5.14. The van der Waals surface area contributed by atoms with Crippen molar-refractivity contribution < 1.29 is 13.2 Å². The fraction of sp³-hybridized carbons (Fsp3) is 0.381. The number of hydrogen-bond acceptors (Lipinski definition) is 3. The molecule has 1 aliphatic heterocycles. The predicted molar refractivity (Wildman–Crippen MR) is 112 cm³/mol. The summed E-state index contributed by atoms with van der Waals surface area (Å²) in [6.07, 6.45) is 0.971. The minimum absolute atomic E-state index is 0.119. The first-order valence-corrected chi connectivity index (χ1v) is 11.3. The molecule has 0 bridgehead atoms. The molecule has 28 heavy (non-hydrogen) atoms. The van der Waals surface area contributed by atoms with E-state index in [1.807, 2.05) is 12.1 Å². The number of benzene rings is 2. The molecule has 7 heteroatoms. The van der Waals surface area contributed by atoms with E-state index >= 15 is 0 Å². The lowest BCUT2D eigenvalue weighted by Crippen LogP contribution is -2.41. The minimum atomic E-state index is -3.54. The third-order valence-corrected chi connectivity index (χ3v) is 7.38. The average molecular weight is 421 g/mol. The quantitative estimate of drug-likeness (QED) is 0.774. The topological polar surface area (TPSA) is 66.5 Å². The van der Waals surface area contributed by atoms with Gasteiger partial charge in [-0.1, -0.05) is 49.7 Å². The second kappa shape index (κ2) is 8.64. The zero-order chi connectivity index (χ0) is 20.3. The van der Waals surface area contributed by atoms with E-state index in [0.717, 1.165) is 5.56 Å². The second-order valence-electron chi connectivity index (χ2n) is 7.37. The number of hydrogen-bond donors (Lipinski definition) is 1. The molecule has 0 unspecified atom stereocenters. The molecule has 0 aliphatic carbocycles. The number of nitrogens with one attached hydrogen (secondary N) is 1. The Morgan fingerprint density at radius 3 is 2.25 bits per heavy atom. The Bertz CT molecular complexity index is 934. The normalized spacial score (nSPS) is 16.3. The molecule has 0 radical (unpaired) electrons. The molecule has 1 aliphatic rings. The summed E-state index contributed by atoms with van der Waals surface area (Å²) in [5, 5.41) is 3.33. The molecular formula is C21H25ClN2O3S. The highest BCUT2D eigenvalue weighted by Gasteiger charge is 2.32. The van der Waals surface area contributed by atoms with E-state index in [0.29, 0.717) is 47.5 Å². The van der Waals surface area contributed by atoms with Crippen molar-refractivity contribution in [1.29, 1.82) is 0 Å². The maximum Gasteiger partial charge on any atom is 0.243 e. The van der Waals surface area contributed by atoms with Crippen LogP contribution in [0.1, 0.15) is 38.2 Å². The Morgan fingerprint density at radius 2 is 1.68 bits per heavy atom. The van der Waals surface area contributed by atoms with E-state index in [-0.39, 0.29) is 11.8 Å². The van der Waals surface area contributed by atoms with Gasteiger partial charge in [0.15, 0.2) is 0 Å². The van der Waals surface area contributed by atoms with Gasteiger partial charge in [-0.25, -0.2) is 8.42 Å². The van der Waals surface area contributed by atoms with Crippen LogP contribution in [-0.4, -0.2) is 31.7 Å². The summed E-state index contributed by atoms with van der Waals surface area (Å²) in [6.45, 7) is 4.80. The number of anilines is 1. The van der Waals surface area contributed by atoms with Gasteiger partial charge in [0, 0.05) is 19.0 Å². The first-order valence-electron chi connectivity index (χ1n) is 9.44. The molecule has 0 aromatic heterocycles. The lowest BCUT2D eigenvalue weighted by molar-refractivity contribution is -0.120. The molecule has 5 nitrogen and oxygen atoms in total. The molecule has 1 fully saturated rings. The van der Waals surface area contributed by atoms with Crippen molar-refractivity contribution in [3.8, 4) is 0 Å². The van der Waals surface area contributed by atoms with Gasteiger partial charge in [-0.3, -0.25) is 4.79 Å². The summed E-state index contributed by atoms with van der Waals surface area (Å²) in [4.78, 5) is 12.8. The van der Waals surface area contributed by atoms with Crippen molar-refractivity contribution in [2.75, 3.05) is 18.4 Å². The summed E-state index contributed by atoms with van der Waals surface area (Å²) in [5.74, 6) is 0.00148. The number of rotatable bonds is 5. The highest BCUT2D eigenvalue weighted by molar-refractivity contribution is 7.89. The van der Waals surface area contributed by atoms with E-state index in [1.165, 1.54) is 4.31 Å². The summed E-state index contributed by atoms with van der Waals surface area (Å²) < 4.78 is 27.2. The molecule has 2 aromatic carbocycles. The van der Waals surface area contributed by atoms with Gasteiger partial charge in [0.2, 0.25) is 15.9 Å². The van der Waals surface area contributed by atoms with E-state index in [9.17, 15) is 13.2 Å². The zero-order valence-corrected chi connectivity index (χ0v) is 17.6. The Kier molecular flexibility index (Phi) is 6.43. The van der Waals surface area contributed by atoms with Crippen LogP contribution < -0.4 is 5.32 Å². The molecule has 1 saturated heterocycles. The van der Waals surface area contributed by atoms with Crippen molar-refractivity contribution in [3.05, 3.63) is 59.1 Å². The van der Waals surface area contributed by atoms with Crippen molar-refractivity contribution in [1.82, 2.24) is 4.31 Å². The Morgan fingerprint density at radius 1 is 1.07 bits per heavy atom. The van der Waals surface area contributed by atoms with E-state index in [2.05, 4.69) is 19.2 Å². The minimum Gasteiger partial charge on any atom is -0.325 e. The van der Waals surface area contributed by atoms with Crippen LogP contribution in [0.5, 0.6) is 0 Å². The summed E-state index contributed by atoms with van der Waals surface area (Å²) in [7, 11) is -3.54. The fourth-order valence-corrected chi connectivity index (χ4v) is 4.98. The van der Waals surface area contributed by atoms with E-state index in [1.54, 1.807) is 36.4 Å². The number of amides is 1. The maximum absolute atomic E-state index is 12.9. The summed E-state index contributed by atoms with van der Waals surface area (Å²) in [6, 6.07) is 14.1.